The van der Waals surface area contributed by atoms with Gasteiger partial charge in [0.25, 0.3) is 0 Å². The van der Waals surface area contributed by atoms with Gasteiger partial charge in [0.15, 0.2) is 0 Å². The predicted octanol–water partition coefficient (Wildman–Crippen LogP) is 5.21. The topological polar surface area (TPSA) is 35.5 Å². The highest BCUT2D eigenvalue weighted by Gasteiger charge is 2.17. The van der Waals surface area contributed by atoms with Gasteiger partial charge < -0.3 is 9.47 Å². The number of esters is 1. The summed E-state index contributed by atoms with van der Waals surface area (Å²) < 4.78 is 10.6. The molecule has 4 heteroatoms. The van der Waals surface area contributed by atoms with Crippen LogP contribution >= 0.6 is 12.2 Å². The summed E-state index contributed by atoms with van der Waals surface area (Å²) in [5.41, 5.74) is 0.793. The van der Waals surface area contributed by atoms with E-state index in [1.807, 2.05) is 13.0 Å². The summed E-state index contributed by atoms with van der Waals surface area (Å²) in [5.74, 6) is 0.249. The molecule has 0 bridgehead atoms. The van der Waals surface area contributed by atoms with E-state index < -0.39 is 0 Å². The monoisotopic (exact) mass is 352 g/mol. The van der Waals surface area contributed by atoms with Crippen LogP contribution in [0.5, 0.6) is 0 Å². The van der Waals surface area contributed by atoms with Crippen molar-refractivity contribution < 1.29 is 14.3 Å². The van der Waals surface area contributed by atoms with Gasteiger partial charge in [-0.3, -0.25) is 0 Å². The molecule has 0 heterocycles. The van der Waals surface area contributed by atoms with Crippen LogP contribution in [-0.2, 0) is 14.3 Å². The lowest BCUT2D eigenvalue weighted by molar-refractivity contribution is -0.136. The maximum Gasteiger partial charge on any atom is 0.331 e. The first-order chi connectivity index (χ1) is 11.3. The first kappa shape index (κ1) is 22.7. The number of ether oxygens (including phenoxy) is 2. The molecule has 0 radical (unpaired) electrons. The highest BCUT2D eigenvalue weighted by atomic mass is 32.1. The van der Waals surface area contributed by atoms with Crippen LogP contribution in [0.3, 0.4) is 0 Å². The Morgan fingerprint density at radius 1 is 1.33 bits per heavy atom. The maximum absolute atomic E-state index is 11.4. The Bertz CT molecular complexity index is 450. The zero-order chi connectivity index (χ0) is 18.4. The third-order valence-corrected chi connectivity index (χ3v) is 3.76. The molecule has 0 aliphatic rings. The molecular formula is C20H32O3S. The van der Waals surface area contributed by atoms with Crippen molar-refractivity contribution in [1.82, 2.24) is 0 Å². The van der Waals surface area contributed by atoms with Crippen molar-refractivity contribution in [3.05, 3.63) is 36.5 Å². The summed E-state index contributed by atoms with van der Waals surface area (Å²) in [6.45, 7) is 12.8. The summed E-state index contributed by atoms with van der Waals surface area (Å²) in [7, 11) is 0. The summed E-state index contributed by atoms with van der Waals surface area (Å²) in [6.07, 6.45) is 11.7. The summed E-state index contributed by atoms with van der Waals surface area (Å²) >= 11 is 4.61. The molecular weight excluding hydrogens is 320 g/mol. The molecule has 136 valence electrons. The molecule has 0 aliphatic heterocycles. The smallest absolute Gasteiger partial charge is 0.331 e. The van der Waals surface area contributed by atoms with Crippen molar-refractivity contribution in [1.29, 1.82) is 0 Å². The Kier molecular flexibility index (Phi) is 12.4. The van der Waals surface area contributed by atoms with E-state index >= 15 is 0 Å². The lowest BCUT2D eigenvalue weighted by Crippen LogP contribution is -2.24. The Hall–Kier alpha value is -1.26. The van der Waals surface area contributed by atoms with E-state index in [1.54, 1.807) is 6.08 Å². The number of rotatable bonds is 13. The van der Waals surface area contributed by atoms with E-state index in [0.29, 0.717) is 12.5 Å². The first-order valence-corrected chi connectivity index (χ1v) is 8.98. The molecule has 0 saturated heterocycles. The second kappa shape index (κ2) is 13.1. The van der Waals surface area contributed by atoms with Gasteiger partial charge in [0.1, 0.15) is 6.61 Å². The SMILES string of the molecule is C=CCOC(C)(C)CCCC(C)CC=CC(C)=CC(=O)OCC=S. The Balaban J connectivity index is 4.05. The second-order valence-corrected chi connectivity index (χ2v) is 7.01. The Labute approximate surface area is 152 Å². The number of hydrogen-bond donors (Lipinski definition) is 0. The number of carbonyl (C=O) groups excluding carboxylic acids is 1. The predicted molar refractivity (Wildman–Crippen MR) is 105 cm³/mol. The molecule has 0 amide bonds. The number of thiocarbonyl (C=S) groups is 1. The quantitative estimate of drug-likeness (QED) is 0.150. The summed E-state index contributed by atoms with van der Waals surface area (Å²) in [5, 5.41) is 1.39. The average Bonchev–Trinajstić information content (AvgIpc) is 2.50. The number of hydrogen-bond acceptors (Lipinski definition) is 4. The molecule has 1 unspecified atom stereocenters. The minimum absolute atomic E-state index is 0.0914. The van der Waals surface area contributed by atoms with Gasteiger partial charge >= 0.3 is 5.97 Å². The van der Waals surface area contributed by atoms with Gasteiger partial charge in [-0.25, -0.2) is 4.79 Å². The van der Waals surface area contributed by atoms with Gasteiger partial charge in [0, 0.05) is 11.4 Å². The molecule has 3 nitrogen and oxygen atoms in total. The maximum atomic E-state index is 11.4. The molecule has 0 fully saturated rings. The second-order valence-electron chi connectivity index (χ2n) is 6.68. The van der Waals surface area contributed by atoms with Crippen molar-refractivity contribution >= 4 is 23.6 Å². The molecule has 0 spiro atoms. The van der Waals surface area contributed by atoms with E-state index in [4.69, 9.17) is 9.47 Å². The van der Waals surface area contributed by atoms with Gasteiger partial charge in [-0.1, -0.05) is 50.2 Å². The number of allylic oxidation sites excluding steroid dienone is 3. The highest BCUT2D eigenvalue weighted by Crippen LogP contribution is 2.21. The third kappa shape index (κ3) is 13.2. The molecule has 1 atom stereocenters. The van der Waals surface area contributed by atoms with Crippen LogP contribution in [0, 0.1) is 5.92 Å². The largest absolute Gasteiger partial charge is 0.457 e. The van der Waals surface area contributed by atoms with Crippen molar-refractivity contribution in [2.75, 3.05) is 13.2 Å². The fourth-order valence-corrected chi connectivity index (χ4v) is 2.30. The molecule has 0 aromatic heterocycles. The van der Waals surface area contributed by atoms with Crippen molar-refractivity contribution in [2.24, 2.45) is 5.92 Å². The normalized spacial score (nSPS) is 13.8. The third-order valence-electron chi connectivity index (χ3n) is 3.63. The van der Waals surface area contributed by atoms with Gasteiger partial charge in [-0.2, -0.15) is 0 Å². The molecule has 24 heavy (non-hydrogen) atoms. The average molecular weight is 353 g/mol. The van der Waals surface area contributed by atoms with Crippen LogP contribution in [0.2, 0.25) is 0 Å². The Morgan fingerprint density at radius 2 is 2.04 bits per heavy atom. The Morgan fingerprint density at radius 3 is 2.67 bits per heavy atom. The van der Waals surface area contributed by atoms with Crippen molar-refractivity contribution in [3.63, 3.8) is 0 Å². The standard InChI is InChI=1S/C20H32O3S/c1-6-13-23-20(4,5)12-8-11-17(2)9-7-10-18(3)16-19(21)22-14-15-24/h6-7,10,15-17H,1,8-9,11-14H2,2-5H3. The number of carbonyl (C=O) groups is 1. The lowest BCUT2D eigenvalue weighted by Gasteiger charge is -2.25. The lowest BCUT2D eigenvalue weighted by atomic mass is 9.94. The molecule has 0 N–H and O–H groups in total. The molecule has 0 aliphatic carbocycles. The van der Waals surface area contributed by atoms with Crippen LogP contribution in [-0.4, -0.2) is 30.2 Å². The van der Waals surface area contributed by atoms with E-state index in [9.17, 15) is 4.79 Å². The van der Waals surface area contributed by atoms with Crippen LogP contribution < -0.4 is 0 Å². The highest BCUT2D eigenvalue weighted by molar-refractivity contribution is 7.79. The fraction of sp³-hybridized carbons (Fsp3) is 0.600. The van der Waals surface area contributed by atoms with Crippen LogP contribution in [0.1, 0.15) is 53.4 Å². The molecule has 0 rings (SSSR count). The zero-order valence-corrected chi connectivity index (χ0v) is 16.4. The fourth-order valence-electron chi connectivity index (χ4n) is 2.23. The van der Waals surface area contributed by atoms with E-state index in [0.717, 1.165) is 31.3 Å². The molecule has 0 saturated carbocycles. The van der Waals surface area contributed by atoms with E-state index in [-0.39, 0.29) is 18.2 Å². The summed E-state index contributed by atoms with van der Waals surface area (Å²) in [4.78, 5) is 11.4. The summed E-state index contributed by atoms with van der Waals surface area (Å²) in [6, 6.07) is 0. The van der Waals surface area contributed by atoms with Gasteiger partial charge in [-0.05, 0) is 45.1 Å². The van der Waals surface area contributed by atoms with Gasteiger partial charge in [-0.15, -0.1) is 6.58 Å². The van der Waals surface area contributed by atoms with Gasteiger partial charge in [0.05, 0.1) is 12.2 Å². The van der Waals surface area contributed by atoms with Crippen molar-refractivity contribution in [2.45, 2.75) is 59.0 Å². The zero-order valence-electron chi connectivity index (χ0n) is 15.5. The minimum Gasteiger partial charge on any atom is -0.457 e. The van der Waals surface area contributed by atoms with Crippen LogP contribution in [0.25, 0.3) is 0 Å². The van der Waals surface area contributed by atoms with E-state index in [1.165, 1.54) is 11.4 Å². The first-order valence-electron chi connectivity index (χ1n) is 8.51. The van der Waals surface area contributed by atoms with Crippen LogP contribution in [0.4, 0.5) is 0 Å². The minimum atomic E-state index is -0.354. The molecule has 0 aromatic carbocycles. The molecule has 0 aromatic rings. The van der Waals surface area contributed by atoms with Gasteiger partial charge in [0.2, 0.25) is 0 Å². The van der Waals surface area contributed by atoms with E-state index in [2.05, 4.69) is 45.6 Å². The van der Waals surface area contributed by atoms with Crippen molar-refractivity contribution in [3.8, 4) is 0 Å². The van der Waals surface area contributed by atoms with Crippen LogP contribution in [0.15, 0.2) is 36.5 Å².